The Labute approximate surface area is 248 Å². The third-order valence-electron chi connectivity index (χ3n) is 8.89. The molecular weight excluding hydrogens is 550 g/mol. The van der Waals surface area contributed by atoms with Crippen LogP contribution in [0.1, 0.15) is 48.1 Å². The Kier molecular flexibility index (Phi) is 6.06. The van der Waals surface area contributed by atoms with Crippen LogP contribution in [0.4, 0.5) is 5.69 Å². The first kappa shape index (κ1) is 26.2. The molecule has 2 aliphatic heterocycles. The summed E-state index contributed by atoms with van der Waals surface area (Å²) in [5, 5.41) is 0.296. The van der Waals surface area contributed by atoms with Gasteiger partial charge < -0.3 is 14.4 Å². The molecule has 1 aliphatic carbocycles. The van der Waals surface area contributed by atoms with E-state index in [1.165, 1.54) is 7.11 Å². The van der Waals surface area contributed by atoms with E-state index in [1.54, 1.807) is 73.8 Å². The Morgan fingerprint density at radius 2 is 1.50 bits per heavy atom. The van der Waals surface area contributed by atoms with Gasteiger partial charge in [0.1, 0.15) is 23.0 Å². The molecule has 208 valence electrons. The third kappa shape index (κ3) is 3.42. The Morgan fingerprint density at radius 1 is 0.833 bits per heavy atom. The van der Waals surface area contributed by atoms with Crippen LogP contribution in [0.25, 0.3) is 6.08 Å². The first-order valence-electron chi connectivity index (χ1n) is 13.7. The number of fused-ring (bicyclic) bond motifs is 5. The number of hydrogen-bond acceptors (Lipinski definition) is 6. The molecule has 6 nitrogen and oxygen atoms in total. The number of rotatable bonds is 5. The fourth-order valence-corrected chi connectivity index (χ4v) is 7.39. The number of carbonyl (C=O) groups is 3. The SMILES string of the molecule is COc1ccc(OC)c([C@@H]2[C@@H](C(=O)c3ccccc3Cl)N3c4ccccc4C=C[C@H]3C23C(=O)c2ccccc2C3=O)c1. The number of ether oxygens (including phenoxy) is 2. The van der Waals surface area contributed by atoms with Crippen LogP contribution in [0, 0.1) is 5.41 Å². The van der Waals surface area contributed by atoms with Crippen molar-refractivity contribution in [2.24, 2.45) is 5.41 Å². The van der Waals surface area contributed by atoms with E-state index in [-0.39, 0.29) is 17.3 Å². The zero-order chi connectivity index (χ0) is 29.2. The van der Waals surface area contributed by atoms with Crippen molar-refractivity contribution in [2.75, 3.05) is 19.1 Å². The van der Waals surface area contributed by atoms with Gasteiger partial charge in [-0.1, -0.05) is 78.4 Å². The molecule has 0 saturated carbocycles. The second-order valence-electron chi connectivity index (χ2n) is 10.7. The Morgan fingerprint density at radius 3 is 2.19 bits per heavy atom. The summed E-state index contributed by atoms with van der Waals surface area (Å²) in [6.45, 7) is 0. The number of hydrogen-bond donors (Lipinski definition) is 0. The molecule has 1 fully saturated rings. The number of halogens is 1. The van der Waals surface area contributed by atoms with Gasteiger partial charge in [-0.25, -0.2) is 0 Å². The highest BCUT2D eigenvalue weighted by Gasteiger charge is 2.72. The normalized spacial score (nSPS) is 21.2. The number of anilines is 1. The molecule has 0 amide bonds. The van der Waals surface area contributed by atoms with Crippen molar-refractivity contribution < 1.29 is 23.9 Å². The van der Waals surface area contributed by atoms with Gasteiger partial charge in [-0.2, -0.15) is 0 Å². The Bertz CT molecular complexity index is 1790. The number of para-hydroxylation sites is 1. The van der Waals surface area contributed by atoms with Crippen molar-refractivity contribution in [1.29, 1.82) is 0 Å². The van der Waals surface area contributed by atoms with E-state index in [0.717, 1.165) is 11.3 Å². The predicted octanol–water partition coefficient (Wildman–Crippen LogP) is 6.67. The third-order valence-corrected chi connectivity index (χ3v) is 9.22. The predicted molar refractivity (Wildman–Crippen MR) is 161 cm³/mol. The van der Waals surface area contributed by atoms with Crippen molar-refractivity contribution >= 4 is 40.7 Å². The first-order chi connectivity index (χ1) is 20.4. The second-order valence-corrected chi connectivity index (χ2v) is 11.1. The quantitative estimate of drug-likeness (QED) is 0.195. The van der Waals surface area contributed by atoms with Gasteiger partial charge in [0.2, 0.25) is 0 Å². The molecule has 1 saturated heterocycles. The van der Waals surface area contributed by atoms with Crippen LogP contribution >= 0.6 is 11.6 Å². The molecule has 0 N–H and O–H groups in total. The summed E-state index contributed by atoms with van der Waals surface area (Å²) in [4.78, 5) is 46.4. The van der Waals surface area contributed by atoms with Crippen molar-refractivity contribution in [3.63, 3.8) is 0 Å². The van der Waals surface area contributed by atoms with Crippen LogP contribution in [0.5, 0.6) is 11.5 Å². The van der Waals surface area contributed by atoms with Gasteiger partial charge in [-0.05, 0) is 42.0 Å². The molecular formula is C35H26ClNO5. The fourth-order valence-electron chi connectivity index (χ4n) is 7.16. The van der Waals surface area contributed by atoms with Gasteiger partial charge in [0.25, 0.3) is 0 Å². The molecule has 2 heterocycles. The highest BCUT2D eigenvalue weighted by Crippen LogP contribution is 2.62. The smallest absolute Gasteiger partial charge is 0.187 e. The summed E-state index contributed by atoms with van der Waals surface area (Å²) in [6, 6.07) is 25.0. The highest BCUT2D eigenvalue weighted by molar-refractivity contribution is 6.35. The van der Waals surface area contributed by atoms with Crippen LogP contribution in [0.15, 0.2) is 97.1 Å². The fraction of sp³-hybridized carbons (Fsp3) is 0.171. The van der Waals surface area contributed by atoms with E-state index in [1.807, 2.05) is 41.3 Å². The van der Waals surface area contributed by atoms with E-state index >= 15 is 0 Å². The van der Waals surface area contributed by atoms with Crippen molar-refractivity contribution in [1.82, 2.24) is 0 Å². The summed E-state index contributed by atoms with van der Waals surface area (Å²) in [6.07, 6.45) is 3.83. The van der Waals surface area contributed by atoms with Crippen LogP contribution in [-0.4, -0.2) is 43.7 Å². The molecule has 3 aliphatic rings. The van der Waals surface area contributed by atoms with Gasteiger partial charge in [0.05, 0.1) is 25.3 Å². The largest absolute Gasteiger partial charge is 0.497 e. The summed E-state index contributed by atoms with van der Waals surface area (Å²) in [7, 11) is 3.08. The van der Waals surface area contributed by atoms with Gasteiger partial charge in [0.15, 0.2) is 17.3 Å². The van der Waals surface area contributed by atoms with Crippen LogP contribution in [-0.2, 0) is 0 Å². The minimum Gasteiger partial charge on any atom is -0.497 e. The average molecular weight is 576 g/mol. The van der Waals surface area contributed by atoms with Gasteiger partial charge in [-0.3, -0.25) is 14.4 Å². The molecule has 7 rings (SSSR count). The van der Waals surface area contributed by atoms with E-state index in [4.69, 9.17) is 21.1 Å². The summed E-state index contributed by atoms with van der Waals surface area (Å²) >= 11 is 6.62. The molecule has 4 aromatic rings. The lowest BCUT2D eigenvalue weighted by Gasteiger charge is -2.37. The average Bonchev–Trinajstić information content (AvgIpc) is 3.46. The zero-order valence-electron chi connectivity index (χ0n) is 22.9. The molecule has 0 unspecified atom stereocenters. The summed E-state index contributed by atoms with van der Waals surface area (Å²) in [5.41, 5.74) is 1.55. The highest BCUT2D eigenvalue weighted by atomic mass is 35.5. The van der Waals surface area contributed by atoms with Crippen LogP contribution in [0.2, 0.25) is 5.02 Å². The second kappa shape index (κ2) is 9.71. The first-order valence-corrected chi connectivity index (χ1v) is 14.1. The molecule has 0 radical (unpaired) electrons. The molecule has 0 bridgehead atoms. The minimum atomic E-state index is -1.66. The lowest BCUT2D eigenvalue weighted by Crippen LogP contribution is -2.48. The molecule has 1 spiro atoms. The number of benzene rings is 4. The van der Waals surface area contributed by atoms with E-state index in [2.05, 4.69) is 0 Å². The molecule has 7 heteroatoms. The van der Waals surface area contributed by atoms with E-state index < -0.39 is 23.4 Å². The molecule has 3 atom stereocenters. The maximum atomic E-state index is 14.9. The van der Waals surface area contributed by atoms with E-state index in [0.29, 0.717) is 38.8 Å². The Balaban J connectivity index is 1.60. The zero-order valence-corrected chi connectivity index (χ0v) is 23.7. The Hall–Kier alpha value is -4.68. The number of methoxy groups -OCH3 is 2. The summed E-state index contributed by atoms with van der Waals surface area (Å²) in [5.74, 6) is -0.900. The topological polar surface area (TPSA) is 72.9 Å². The van der Waals surface area contributed by atoms with Gasteiger partial charge in [-0.15, -0.1) is 0 Å². The van der Waals surface area contributed by atoms with Gasteiger partial charge in [0, 0.05) is 33.9 Å². The molecule has 42 heavy (non-hydrogen) atoms. The number of Topliss-reactive ketones (excluding diaryl/α,β-unsaturated/α-hetero) is 3. The number of carbonyl (C=O) groups excluding carboxylic acids is 3. The number of nitrogens with zero attached hydrogens (tertiary/aromatic N) is 1. The van der Waals surface area contributed by atoms with Crippen molar-refractivity contribution in [3.05, 3.63) is 130 Å². The maximum absolute atomic E-state index is 14.9. The van der Waals surface area contributed by atoms with Crippen LogP contribution in [0.3, 0.4) is 0 Å². The van der Waals surface area contributed by atoms with Crippen LogP contribution < -0.4 is 14.4 Å². The van der Waals surface area contributed by atoms with E-state index in [9.17, 15) is 14.4 Å². The lowest BCUT2D eigenvalue weighted by molar-refractivity contribution is 0.0664. The van der Waals surface area contributed by atoms with Crippen molar-refractivity contribution in [3.8, 4) is 11.5 Å². The maximum Gasteiger partial charge on any atom is 0.187 e. The summed E-state index contributed by atoms with van der Waals surface area (Å²) < 4.78 is 11.4. The number of ketones is 3. The lowest BCUT2D eigenvalue weighted by atomic mass is 9.64. The molecule has 0 aromatic heterocycles. The van der Waals surface area contributed by atoms with Crippen molar-refractivity contribution in [2.45, 2.75) is 18.0 Å². The monoisotopic (exact) mass is 575 g/mol. The standard InChI is InChI=1S/C35H26ClNO5/c1-41-21-16-17-28(42-2)25(19-21)30-31(32(38)24-12-6-7-13-26(24)36)37-27-14-8-3-9-20(27)15-18-29(37)35(30)33(39)22-10-4-5-11-23(22)34(35)40/h3-19,29-31H,1-2H3/t29-,30+,31-/m0/s1. The molecule has 4 aromatic carbocycles. The van der Waals surface area contributed by atoms with Gasteiger partial charge >= 0.3 is 0 Å². The minimum absolute atomic E-state index is 0.293.